The molecule has 1 atom stereocenters. The largest absolute Gasteiger partial charge is 0.466 e. The van der Waals surface area contributed by atoms with E-state index < -0.39 is 0 Å². The van der Waals surface area contributed by atoms with Crippen molar-refractivity contribution in [2.75, 3.05) is 25.0 Å². The summed E-state index contributed by atoms with van der Waals surface area (Å²) in [5.41, 5.74) is 5.11. The van der Waals surface area contributed by atoms with E-state index >= 15 is 0 Å². The monoisotopic (exact) mass is 470 g/mol. The van der Waals surface area contributed by atoms with Gasteiger partial charge in [-0.3, -0.25) is 4.90 Å². The first kappa shape index (κ1) is 21.2. The Bertz CT molecular complexity index is 1250. The lowest BCUT2D eigenvalue weighted by Gasteiger charge is -2.32. The summed E-state index contributed by atoms with van der Waals surface area (Å²) in [6, 6.07) is 10.6. The molecule has 4 aromatic rings. The number of ether oxygens (including phenoxy) is 1. The quantitative estimate of drug-likeness (QED) is 0.383. The van der Waals surface area contributed by atoms with Crippen LogP contribution in [0.5, 0.6) is 0 Å². The summed E-state index contributed by atoms with van der Waals surface area (Å²) in [4.78, 5) is 6.71. The van der Waals surface area contributed by atoms with E-state index in [-0.39, 0.29) is 11.9 Å². The highest BCUT2D eigenvalue weighted by Gasteiger charge is 2.26. The van der Waals surface area contributed by atoms with Crippen molar-refractivity contribution in [2.24, 2.45) is 0 Å². The zero-order valence-electron chi connectivity index (χ0n) is 17.6. The van der Waals surface area contributed by atoms with Gasteiger partial charge in [-0.05, 0) is 75.4 Å². The van der Waals surface area contributed by atoms with Crippen molar-refractivity contribution in [1.29, 1.82) is 0 Å². The van der Waals surface area contributed by atoms with Crippen LogP contribution in [-0.2, 0) is 4.74 Å². The molecular formula is C23H23FN4O2S2. The molecule has 166 valence electrons. The van der Waals surface area contributed by atoms with Crippen molar-refractivity contribution in [1.82, 2.24) is 15.0 Å². The molecule has 1 fully saturated rings. The third-order valence-corrected chi connectivity index (χ3v) is 6.84. The van der Waals surface area contributed by atoms with Crippen LogP contribution in [0, 0.1) is 5.82 Å². The molecule has 32 heavy (non-hydrogen) atoms. The SMILES string of the molecule is CC(CN1CCC(c2noc3cc(F)ccc23)CC1)OC(=S)Nc1ccc2scnc2c1. The smallest absolute Gasteiger partial charge is 0.261 e. The summed E-state index contributed by atoms with van der Waals surface area (Å²) in [6.07, 6.45) is 1.91. The lowest BCUT2D eigenvalue weighted by molar-refractivity contribution is 0.119. The highest BCUT2D eigenvalue weighted by molar-refractivity contribution is 7.80. The topological polar surface area (TPSA) is 63.4 Å². The van der Waals surface area contributed by atoms with Crippen molar-refractivity contribution in [2.45, 2.75) is 31.8 Å². The Hall–Kier alpha value is -2.62. The second-order valence-corrected chi connectivity index (χ2v) is 9.42. The van der Waals surface area contributed by atoms with Crippen LogP contribution in [0.3, 0.4) is 0 Å². The maximum absolute atomic E-state index is 13.4. The van der Waals surface area contributed by atoms with Gasteiger partial charge in [-0.1, -0.05) is 5.16 Å². The minimum Gasteiger partial charge on any atom is -0.466 e. The normalized spacial score (nSPS) is 16.4. The average molecular weight is 471 g/mol. The van der Waals surface area contributed by atoms with Crippen LogP contribution in [-0.4, -0.2) is 46.0 Å². The van der Waals surface area contributed by atoms with Crippen LogP contribution in [0.15, 0.2) is 46.4 Å². The minimum atomic E-state index is -0.305. The van der Waals surface area contributed by atoms with Gasteiger partial charge >= 0.3 is 0 Å². The summed E-state index contributed by atoms with van der Waals surface area (Å²) in [5.74, 6) is 0.0117. The van der Waals surface area contributed by atoms with Gasteiger partial charge in [0.25, 0.3) is 5.17 Å². The first-order valence-corrected chi connectivity index (χ1v) is 11.9. The Morgan fingerprint density at radius 2 is 2.16 bits per heavy atom. The average Bonchev–Trinajstić information content (AvgIpc) is 3.40. The number of nitrogens with one attached hydrogen (secondary N) is 1. The molecule has 1 saturated heterocycles. The zero-order valence-corrected chi connectivity index (χ0v) is 19.2. The van der Waals surface area contributed by atoms with Gasteiger partial charge in [0.2, 0.25) is 0 Å². The molecular weight excluding hydrogens is 447 g/mol. The van der Waals surface area contributed by atoms with Crippen molar-refractivity contribution in [3.05, 3.63) is 53.4 Å². The van der Waals surface area contributed by atoms with Gasteiger partial charge in [-0.25, -0.2) is 9.37 Å². The van der Waals surface area contributed by atoms with Gasteiger partial charge in [-0.15, -0.1) is 11.3 Å². The van der Waals surface area contributed by atoms with E-state index in [0.29, 0.717) is 16.7 Å². The molecule has 0 saturated carbocycles. The molecule has 1 unspecified atom stereocenters. The van der Waals surface area contributed by atoms with E-state index in [2.05, 4.69) is 20.4 Å². The fourth-order valence-corrected chi connectivity index (χ4v) is 5.22. The van der Waals surface area contributed by atoms with E-state index in [0.717, 1.165) is 59.5 Å². The first-order valence-electron chi connectivity index (χ1n) is 10.6. The molecule has 0 radical (unpaired) electrons. The molecule has 2 aromatic heterocycles. The number of nitrogens with zero attached hydrogens (tertiary/aromatic N) is 3. The number of hydrogen-bond donors (Lipinski definition) is 1. The van der Waals surface area contributed by atoms with Crippen molar-refractivity contribution in [3.8, 4) is 0 Å². The summed E-state index contributed by atoms with van der Waals surface area (Å²) in [5, 5.41) is 8.65. The lowest BCUT2D eigenvalue weighted by Crippen LogP contribution is -2.39. The highest BCUT2D eigenvalue weighted by atomic mass is 32.1. The number of thiazole rings is 1. The molecule has 1 aliphatic heterocycles. The van der Waals surface area contributed by atoms with Crippen molar-refractivity contribution >= 4 is 55.6 Å². The number of benzene rings is 2. The van der Waals surface area contributed by atoms with Crippen LogP contribution in [0.25, 0.3) is 21.2 Å². The zero-order chi connectivity index (χ0) is 22.1. The van der Waals surface area contributed by atoms with Gasteiger partial charge in [-0.2, -0.15) is 0 Å². The number of piperidine rings is 1. The number of aromatic nitrogens is 2. The van der Waals surface area contributed by atoms with Gasteiger partial charge < -0.3 is 14.6 Å². The highest BCUT2D eigenvalue weighted by Crippen LogP contribution is 2.32. The van der Waals surface area contributed by atoms with E-state index in [4.69, 9.17) is 21.5 Å². The molecule has 2 aromatic carbocycles. The Labute approximate surface area is 194 Å². The van der Waals surface area contributed by atoms with Crippen molar-refractivity contribution in [3.63, 3.8) is 0 Å². The maximum Gasteiger partial charge on any atom is 0.261 e. The van der Waals surface area contributed by atoms with Crippen LogP contribution >= 0.6 is 23.6 Å². The number of halogens is 1. The molecule has 0 amide bonds. The van der Waals surface area contributed by atoms with Crippen LogP contribution in [0.2, 0.25) is 0 Å². The maximum atomic E-state index is 13.4. The Morgan fingerprint density at radius 1 is 1.31 bits per heavy atom. The number of fused-ring (bicyclic) bond motifs is 2. The molecule has 1 aliphatic rings. The number of rotatable bonds is 5. The summed E-state index contributed by atoms with van der Waals surface area (Å²) < 4.78 is 25.8. The summed E-state index contributed by atoms with van der Waals surface area (Å²) in [6.45, 7) is 4.71. The molecule has 1 N–H and O–H groups in total. The van der Waals surface area contributed by atoms with Gasteiger partial charge in [0.1, 0.15) is 11.9 Å². The summed E-state index contributed by atoms with van der Waals surface area (Å²) >= 11 is 7.01. The number of thiocarbonyl (C=S) groups is 1. The molecule has 6 nitrogen and oxygen atoms in total. The summed E-state index contributed by atoms with van der Waals surface area (Å²) in [7, 11) is 0. The standard InChI is InChI=1S/C23H23FN4O2S2/c1-14(29-23(31)26-17-3-5-21-19(11-17)25-13-32-21)12-28-8-6-15(7-9-28)22-18-4-2-16(24)10-20(18)30-27-22/h2-5,10-11,13-15H,6-9,12H2,1H3,(H,26,31). The van der Waals surface area contributed by atoms with Gasteiger partial charge in [0.15, 0.2) is 5.58 Å². The van der Waals surface area contributed by atoms with E-state index in [9.17, 15) is 4.39 Å². The molecule has 0 aliphatic carbocycles. The van der Waals surface area contributed by atoms with Crippen LogP contribution < -0.4 is 5.32 Å². The number of anilines is 1. The Kier molecular flexibility index (Phi) is 6.03. The Balaban J connectivity index is 1.11. The second kappa shape index (κ2) is 9.09. The van der Waals surface area contributed by atoms with E-state index in [1.54, 1.807) is 17.4 Å². The van der Waals surface area contributed by atoms with Crippen molar-refractivity contribution < 1.29 is 13.7 Å². The molecule has 3 heterocycles. The minimum absolute atomic E-state index is 0.0367. The predicted octanol–water partition coefficient (Wildman–Crippen LogP) is 5.56. The molecule has 9 heteroatoms. The van der Waals surface area contributed by atoms with Gasteiger partial charge in [0.05, 0.1) is 21.4 Å². The first-order chi connectivity index (χ1) is 15.5. The van der Waals surface area contributed by atoms with E-state index in [1.807, 2.05) is 30.6 Å². The molecule has 0 bridgehead atoms. The molecule has 5 rings (SSSR count). The van der Waals surface area contributed by atoms with Crippen LogP contribution in [0.4, 0.5) is 10.1 Å². The third kappa shape index (κ3) is 4.60. The fourth-order valence-electron chi connectivity index (χ4n) is 4.28. The molecule has 0 spiro atoms. The van der Waals surface area contributed by atoms with E-state index in [1.165, 1.54) is 12.1 Å². The fraction of sp³-hybridized carbons (Fsp3) is 0.348. The van der Waals surface area contributed by atoms with Gasteiger partial charge in [0, 0.05) is 29.6 Å². The number of likely N-dealkylation sites (tertiary alicyclic amines) is 1. The Morgan fingerprint density at radius 3 is 3.00 bits per heavy atom. The second-order valence-electron chi connectivity index (χ2n) is 8.16. The number of hydrogen-bond acceptors (Lipinski definition) is 7. The van der Waals surface area contributed by atoms with Crippen LogP contribution in [0.1, 0.15) is 31.4 Å². The lowest BCUT2D eigenvalue weighted by atomic mass is 9.91. The third-order valence-electron chi connectivity index (χ3n) is 5.84. The predicted molar refractivity (Wildman–Crippen MR) is 129 cm³/mol.